The Morgan fingerprint density at radius 3 is 2.76 bits per heavy atom. The molecule has 5 nitrogen and oxygen atoms in total. The molecule has 0 bridgehead atoms. The van der Waals surface area contributed by atoms with Gasteiger partial charge in [-0.25, -0.2) is 4.79 Å². The van der Waals surface area contributed by atoms with Crippen LogP contribution in [0.25, 0.3) is 5.69 Å². The van der Waals surface area contributed by atoms with E-state index in [4.69, 9.17) is 0 Å². The van der Waals surface area contributed by atoms with Gasteiger partial charge in [-0.3, -0.25) is 4.57 Å². The smallest absolute Gasteiger partial charge is 0.314 e. The summed E-state index contributed by atoms with van der Waals surface area (Å²) in [6.07, 6.45) is 2.77. The maximum atomic E-state index is 11.8. The van der Waals surface area contributed by atoms with Crippen molar-refractivity contribution < 1.29 is 0 Å². The number of rotatable bonds is 4. The number of aromatic amines is 1. The molecule has 5 heteroatoms. The van der Waals surface area contributed by atoms with E-state index in [1.54, 1.807) is 10.8 Å². The topological polar surface area (TPSA) is 53.1 Å². The number of imidazole rings is 1. The van der Waals surface area contributed by atoms with E-state index in [0.717, 1.165) is 50.5 Å². The number of benzene rings is 1. The van der Waals surface area contributed by atoms with Crippen molar-refractivity contribution in [1.82, 2.24) is 19.8 Å². The summed E-state index contributed by atoms with van der Waals surface area (Å²) < 4.78 is 1.72. The molecule has 2 N–H and O–H groups in total. The minimum atomic E-state index is -0.0771. The highest BCUT2D eigenvalue weighted by atomic mass is 16.1. The largest absolute Gasteiger partial charge is 0.330 e. The summed E-state index contributed by atoms with van der Waals surface area (Å²) in [5.41, 5.74) is 3.07. The van der Waals surface area contributed by atoms with Crippen molar-refractivity contribution >= 4 is 0 Å². The van der Waals surface area contributed by atoms with Gasteiger partial charge >= 0.3 is 5.69 Å². The summed E-state index contributed by atoms with van der Waals surface area (Å²) in [5.74, 6) is 0. The first-order valence-corrected chi connectivity index (χ1v) is 7.53. The molecule has 1 fully saturated rings. The molecular formula is C16H22N4O. The molecule has 1 saturated heterocycles. The summed E-state index contributed by atoms with van der Waals surface area (Å²) in [5, 5.41) is 3.37. The average Bonchev–Trinajstić information content (AvgIpc) is 2.85. The maximum Gasteiger partial charge on any atom is 0.330 e. The molecule has 0 unspecified atom stereocenters. The van der Waals surface area contributed by atoms with Gasteiger partial charge in [0.05, 0.1) is 5.69 Å². The summed E-state index contributed by atoms with van der Waals surface area (Å²) in [6, 6.07) is 8.26. The lowest BCUT2D eigenvalue weighted by atomic mass is 10.1. The summed E-state index contributed by atoms with van der Waals surface area (Å²) in [4.78, 5) is 17.1. The van der Waals surface area contributed by atoms with Gasteiger partial charge in [0.1, 0.15) is 0 Å². The molecule has 0 aliphatic carbocycles. The van der Waals surface area contributed by atoms with Crippen molar-refractivity contribution in [3.63, 3.8) is 0 Å². The molecule has 1 aliphatic heterocycles. The Morgan fingerprint density at radius 1 is 1.24 bits per heavy atom. The second-order valence-electron chi connectivity index (χ2n) is 5.58. The minimum Gasteiger partial charge on any atom is -0.314 e. The molecule has 1 aromatic carbocycles. The molecule has 2 heterocycles. The van der Waals surface area contributed by atoms with E-state index in [2.05, 4.69) is 27.3 Å². The van der Waals surface area contributed by atoms with Crippen LogP contribution in [0.15, 0.2) is 35.3 Å². The SMILES string of the molecule is Cc1c[nH]c(=O)n1-c1cccc(CCN2CCNCC2)c1. The lowest BCUT2D eigenvalue weighted by molar-refractivity contribution is 0.244. The summed E-state index contributed by atoms with van der Waals surface area (Å²) in [7, 11) is 0. The monoisotopic (exact) mass is 286 g/mol. The first-order chi connectivity index (χ1) is 10.2. The third-order valence-electron chi connectivity index (χ3n) is 4.06. The Hall–Kier alpha value is -1.85. The molecule has 0 atom stereocenters. The van der Waals surface area contributed by atoms with Crippen molar-refractivity contribution in [3.8, 4) is 5.69 Å². The molecule has 0 amide bonds. The third-order valence-corrected chi connectivity index (χ3v) is 4.06. The van der Waals surface area contributed by atoms with Crippen molar-refractivity contribution in [2.24, 2.45) is 0 Å². The second kappa shape index (κ2) is 6.28. The second-order valence-corrected chi connectivity index (χ2v) is 5.58. The number of H-pyrrole nitrogens is 1. The van der Waals surface area contributed by atoms with Gasteiger partial charge in [0.25, 0.3) is 0 Å². The van der Waals surface area contributed by atoms with Gasteiger partial charge < -0.3 is 15.2 Å². The van der Waals surface area contributed by atoms with Gasteiger partial charge in [0.15, 0.2) is 0 Å². The zero-order chi connectivity index (χ0) is 14.7. The molecule has 1 aromatic heterocycles. The van der Waals surface area contributed by atoms with Crippen LogP contribution in [0.3, 0.4) is 0 Å². The van der Waals surface area contributed by atoms with Crippen LogP contribution in [0.2, 0.25) is 0 Å². The number of aromatic nitrogens is 2. The highest BCUT2D eigenvalue weighted by Gasteiger charge is 2.10. The third kappa shape index (κ3) is 3.25. The fourth-order valence-corrected chi connectivity index (χ4v) is 2.85. The van der Waals surface area contributed by atoms with Gasteiger partial charge in [-0.2, -0.15) is 0 Å². The zero-order valence-corrected chi connectivity index (χ0v) is 12.4. The van der Waals surface area contributed by atoms with E-state index in [1.807, 2.05) is 19.1 Å². The van der Waals surface area contributed by atoms with Gasteiger partial charge in [0, 0.05) is 44.6 Å². The Morgan fingerprint density at radius 2 is 2.05 bits per heavy atom. The van der Waals surface area contributed by atoms with Crippen LogP contribution in [0.5, 0.6) is 0 Å². The van der Waals surface area contributed by atoms with E-state index in [1.165, 1.54) is 5.56 Å². The van der Waals surface area contributed by atoms with Crippen molar-refractivity contribution in [3.05, 3.63) is 52.2 Å². The highest BCUT2D eigenvalue weighted by molar-refractivity contribution is 5.37. The fraction of sp³-hybridized carbons (Fsp3) is 0.438. The Balaban J connectivity index is 1.73. The molecule has 21 heavy (non-hydrogen) atoms. The molecule has 2 aromatic rings. The Labute approximate surface area is 124 Å². The quantitative estimate of drug-likeness (QED) is 0.879. The van der Waals surface area contributed by atoms with Crippen LogP contribution < -0.4 is 11.0 Å². The number of hydrogen-bond acceptors (Lipinski definition) is 3. The van der Waals surface area contributed by atoms with Crippen molar-refractivity contribution in [2.45, 2.75) is 13.3 Å². The first kappa shape index (κ1) is 14.1. The molecule has 3 rings (SSSR count). The van der Waals surface area contributed by atoms with Crippen LogP contribution in [0.4, 0.5) is 0 Å². The predicted molar refractivity (Wildman–Crippen MR) is 84.1 cm³/mol. The van der Waals surface area contributed by atoms with Crippen molar-refractivity contribution in [1.29, 1.82) is 0 Å². The van der Waals surface area contributed by atoms with Crippen LogP contribution in [0, 0.1) is 6.92 Å². The lowest BCUT2D eigenvalue weighted by Crippen LogP contribution is -2.44. The highest BCUT2D eigenvalue weighted by Crippen LogP contribution is 2.12. The fourth-order valence-electron chi connectivity index (χ4n) is 2.85. The number of piperazine rings is 1. The van der Waals surface area contributed by atoms with Gasteiger partial charge in [-0.05, 0) is 31.0 Å². The Kier molecular flexibility index (Phi) is 4.22. The zero-order valence-electron chi connectivity index (χ0n) is 12.4. The molecule has 1 aliphatic rings. The van der Waals surface area contributed by atoms with Crippen LogP contribution in [0.1, 0.15) is 11.3 Å². The Bertz CT molecular complexity index is 652. The predicted octanol–water partition coefficient (Wildman–Crippen LogP) is 0.922. The van der Waals surface area contributed by atoms with Crippen molar-refractivity contribution in [2.75, 3.05) is 32.7 Å². The molecule has 112 valence electrons. The van der Waals surface area contributed by atoms with Gasteiger partial charge in [-0.15, -0.1) is 0 Å². The maximum absolute atomic E-state index is 11.8. The number of hydrogen-bond donors (Lipinski definition) is 2. The number of nitrogens with one attached hydrogen (secondary N) is 2. The van der Waals surface area contributed by atoms with Crippen LogP contribution in [-0.2, 0) is 6.42 Å². The lowest BCUT2D eigenvalue weighted by Gasteiger charge is -2.27. The van der Waals surface area contributed by atoms with Gasteiger partial charge in [-0.1, -0.05) is 12.1 Å². The van der Waals surface area contributed by atoms with E-state index < -0.39 is 0 Å². The first-order valence-electron chi connectivity index (χ1n) is 7.53. The van der Waals surface area contributed by atoms with E-state index in [9.17, 15) is 4.79 Å². The van der Waals surface area contributed by atoms with Crippen LogP contribution in [-0.4, -0.2) is 47.2 Å². The van der Waals surface area contributed by atoms with E-state index in [0.29, 0.717) is 0 Å². The van der Waals surface area contributed by atoms with E-state index >= 15 is 0 Å². The molecule has 0 radical (unpaired) electrons. The van der Waals surface area contributed by atoms with Gasteiger partial charge in [0.2, 0.25) is 0 Å². The van der Waals surface area contributed by atoms with E-state index in [-0.39, 0.29) is 5.69 Å². The minimum absolute atomic E-state index is 0.0771. The number of nitrogens with zero attached hydrogens (tertiary/aromatic N) is 2. The number of aryl methyl sites for hydroxylation is 1. The summed E-state index contributed by atoms with van der Waals surface area (Å²) >= 11 is 0. The molecular weight excluding hydrogens is 264 g/mol. The standard InChI is InChI=1S/C16H22N4O/c1-13-12-18-16(21)20(13)15-4-2-3-14(11-15)5-8-19-9-6-17-7-10-19/h2-4,11-12,17H,5-10H2,1H3,(H,18,21). The normalized spacial score (nSPS) is 16.2. The van der Waals surface area contributed by atoms with Crippen LogP contribution >= 0.6 is 0 Å². The average molecular weight is 286 g/mol. The molecule has 0 saturated carbocycles. The molecule has 0 spiro atoms. The summed E-state index contributed by atoms with van der Waals surface area (Å²) in [6.45, 7) is 7.42.